The largest absolute Gasteiger partial charge is 0.329 e. The number of halogens is 1. The number of fused-ring (bicyclic) bond motifs is 1. The first-order valence-corrected chi connectivity index (χ1v) is 6.70. The number of benzene rings is 1. The van der Waals surface area contributed by atoms with E-state index in [1.54, 1.807) is 18.2 Å². The average molecular weight is 280 g/mol. The first-order valence-electron chi connectivity index (χ1n) is 6.32. The van der Waals surface area contributed by atoms with Gasteiger partial charge in [0.1, 0.15) is 0 Å². The van der Waals surface area contributed by atoms with Gasteiger partial charge in [-0.2, -0.15) is 0 Å². The highest BCUT2D eigenvalue weighted by Gasteiger charge is 2.20. The van der Waals surface area contributed by atoms with E-state index in [0.717, 1.165) is 19.4 Å². The van der Waals surface area contributed by atoms with E-state index in [9.17, 15) is 9.59 Å². The summed E-state index contributed by atoms with van der Waals surface area (Å²) in [6, 6.07) is 4.96. The van der Waals surface area contributed by atoms with Crippen molar-refractivity contribution in [3.63, 3.8) is 0 Å². The maximum atomic E-state index is 12.5. The van der Waals surface area contributed by atoms with E-state index in [4.69, 9.17) is 11.6 Å². The molecular formula is C13H14ClN3O2. The summed E-state index contributed by atoms with van der Waals surface area (Å²) in [4.78, 5) is 27.3. The Bertz CT molecular complexity index is 729. The van der Waals surface area contributed by atoms with Crippen molar-refractivity contribution in [1.82, 2.24) is 14.9 Å². The molecular weight excluding hydrogens is 266 g/mol. The number of nitrogens with zero attached hydrogens (tertiary/aromatic N) is 1. The van der Waals surface area contributed by atoms with E-state index in [-0.39, 0.29) is 17.3 Å². The van der Waals surface area contributed by atoms with Crippen molar-refractivity contribution in [2.75, 3.05) is 13.1 Å². The molecule has 1 aromatic carbocycles. The molecule has 1 atom stereocenters. The molecule has 3 rings (SSSR count). The van der Waals surface area contributed by atoms with Gasteiger partial charge in [0, 0.05) is 6.54 Å². The number of piperidine rings is 1. The van der Waals surface area contributed by atoms with Crippen LogP contribution in [0.2, 0.25) is 5.02 Å². The molecule has 0 radical (unpaired) electrons. The Morgan fingerprint density at radius 2 is 2.16 bits per heavy atom. The third-order valence-corrected chi connectivity index (χ3v) is 3.86. The molecule has 1 aliphatic heterocycles. The average Bonchev–Trinajstić information content (AvgIpc) is 2.39. The van der Waals surface area contributed by atoms with Gasteiger partial charge in [-0.25, -0.2) is 4.79 Å². The second-order valence-corrected chi connectivity index (χ2v) is 5.18. The Balaban J connectivity index is 2.27. The number of aromatic amines is 1. The maximum absolute atomic E-state index is 12.5. The minimum Gasteiger partial charge on any atom is -0.315 e. The lowest BCUT2D eigenvalue weighted by Gasteiger charge is -2.24. The molecule has 0 saturated carbocycles. The minimum atomic E-state index is -0.367. The summed E-state index contributed by atoms with van der Waals surface area (Å²) in [7, 11) is 0. The van der Waals surface area contributed by atoms with Crippen LogP contribution >= 0.6 is 11.6 Å². The summed E-state index contributed by atoms with van der Waals surface area (Å²) in [6.45, 7) is 1.57. The van der Waals surface area contributed by atoms with Gasteiger partial charge in [-0.3, -0.25) is 9.36 Å². The number of hydrogen-bond acceptors (Lipinski definition) is 3. The van der Waals surface area contributed by atoms with Gasteiger partial charge in [-0.15, -0.1) is 0 Å². The van der Waals surface area contributed by atoms with Crippen LogP contribution in [-0.2, 0) is 0 Å². The Labute approximate surface area is 114 Å². The van der Waals surface area contributed by atoms with Gasteiger partial charge in [-0.05, 0) is 31.5 Å². The van der Waals surface area contributed by atoms with E-state index >= 15 is 0 Å². The second kappa shape index (κ2) is 4.83. The molecule has 1 unspecified atom stereocenters. The summed E-state index contributed by atoms with van der Waals surface area (Å²) in [6.07, 6.45) is 1.78. The molecule has 2 heterocycles. The minimum absolute atomic E-state index is 0.106. The van der Waals surface area contributed by atoms with Crippen molar-refractivity contribution in [3.05, 3.63) is 44.1 Å². The van der Waals surface area contributed by atoms with E-state index in [1.165, 1.54) is 4.57 Å². The predicted octanol–water partition coefficient (Wildman–Crippen LogP) is 1.27. The first-order chi connectivity index (χ1) is 9.18. The van der Waals surface area contributed by atoms with Gasteiger partial charge in [0.15, 0.2) is 0 Å². The molecule has 2 N–H and O–H groups in total. The molecule has 19 heavy (non-hydrogen) atoms. The van der Waals surface area contributed by atoms with Crippen LogP contribution in [0, 0.1) is 0 Å². The van der Waals surface area contributed by atoms with Gasteiger partial charge in [0.2, 0.25) is 0 Å². The number of aromatic nitrogens is 2. The van der Waals surface area contributed by atoms with Crippen LogP contribution in [0.25, 0.3) is 10.9 Å². The van der Waals surface area contributed by atoms with Gasteiger partial charge in [-0.1, -0.05) is 17.7 Å². The Morgan fingerprint density at radius 1 is 1.32 bits per heavy atom. The fourth-order valence-electron chi connectivity index (χ4n) is 2.62. The van der Waals surface area contributed by atoms with Crippen molar-refractivity contribution in [3.8, 4) is 0 Å². The highest BCUT2D eigenvalue weighted by molar-refractivity contribution is 6.35. The van der Waals surface area contributed by atoms with E-state index in [0.29, 0.717) is 22.5 Å². The van der Waals surface area contributed by atoms with Crippen LogP contribution in [0.5, 0.6) is 0 Å². The highest BCUT2D eigenvalue weighted by Crippen LogP contribution is 2.19. The molecule has 0 aliphatic carbocycles. The normalized spacial score (nSPS) is 19.7. The van der Waals surface area contributed by atoms with Crippen LogP contribution in [0.3, 0.4) is 0 Å². The SMILES string of the molecule is O=c1[nH]c2cccc(Cl)c2c(=O)n1C1CCCNC1. The van der Waals surface area contributed by atoms with E-state index in [2.05, 4.69) is 10.3 Å². The standard InChI is InChI=1S/C13H14ClN3O2/c14-9-4-1-5-10-11(9)12(18)17(13(19)16-10)8-3-2-6-15-7-8/h1,4-5,8,15H,2-3,6-7H2,(H,16,19). The number of H-pyrrole nitrogens is 1. The van der Waals surface area contributed by atoms with Crippen LogP contribution in [0.4, 0.5) is 0 Å². The quantitative estimate of drug-likeness (QED) is 0.826. The van der Waals surface area contributed by atoms with Crippen LogP contribution in [-0.4, -0.2) is 22.6 Å². The molecule has 0 bridgehead atoms. The summed E-state index contributed by atoms with van der Waals surface area (Å²) >= 11 is 6.07. The molecule has 1 aromatic heterocycles. The van der Waals surface area contributed by atoms with Crippen molar-refractivity contribution in [2.24, 2.45) is 0 Å². The van der Waals surface area contributed by atoms with Crippen LogP contribution in [0.15, 0.2) is 27.8 Å². The molecule has 2 aromatic rings. The van der Waals surface area contributed by atoms with Crippen LogP contribution in [0.1, 0.15) is 18.9 Å². The molecule has 1 fully saturated rings. The monoisotopic (exact) mass is 279 g/mol. The lowest BCUT2D eigenvalue weighted by Crippen LogP contribution is -2.44. The fraction of sp³-hybridized carbons (Fsp3) is 0.385. The third-order valence-electron chi connectivity index (χ3n) is 3.54. The Morgan fingerprint density at radius 3 is 2.89 bits per heavy atom. The van der Waals surface area contributed by atoms with E-state index in [1.807, 2.05) is 0 Å². The Hall–Kier alpha value is -1.59. The number of hydrogen-bond donors (Lipinski definition) is 2. The van der Waals surface area contributed by atoms with Crippen molar-refractivity contribution < 1.29 is 0 Å². The molecule has 1 saturated heterocycles. The number of nitrogens with one attached hydrogen (secondary N) is 2. The molecule has 0 amide bonds. The smallest absolute Gasteiger partial charge is 0.315 e. The third kappa shape index (κ3) is 2.09. The lowest BCUT2D eigenvalue weighted by molar-refractivity contribution is 0.355. The lowest BCUT2D eigenvalue weighted by atomic mass is 10.1. The molecule has 6 heteroatoms. The van der Waals surface area contributed by atoms with Crippen molar-refractivity contribution >= 4 is 22.5 Å². The Kier molecular flexibility index (Phi) is 3.16. The van der Waals surface area contributed by atoms with Crippen LogP contribution < -0.4 is 16.6 Å². The zero-order chi connectivity index (χ0) is 13.4. The van der Waals surface area contributed by atoms with Crippen molar-refractivity contribution in [1.29, 1.82) is 0 Å². The molecule has 5 nitrogen and oxygen atoms in total. The first kappa shape index (κ1) is 12.4. The summed E-state index contributed by atoms with van der Waals surface area (Å²) in [5, 5.41) is 3.96. The molecule has 0 spiro atoms. The second-order valence-electron chi connectivity index (χ2n) is 4.77. The van der Waals surface area contributed by atoms with Gasteiger partial charge in [0.25, 0.3) is 5.56 Å². The molecule has 1 aliphatic rings. The maximum Gasteiger partial charge on any atom is 0.329 e. The van der Waals surface area contributed by atoms with E-state index < -0.39 is 0 Å². The fourth-order valence-corrected chi connectivity index (χ4v) is 2.87. The number of rotatable bonds is 1. The highest BCUT2D eigenvalue weighted by atomic mass is 35.5. The van der Waals surface area contributed by atoms with Gasteiger partial charge in [0.05, 0.1) is 22.0 Å². The summed E-state index contributed by atoms with van der Waals surface area (Å²) in [5.74, 6) is 0. The van der Waals surface area contributed by atoms with Gasteiger partial charge >= 0.3 is 5.69 Å². The predicted molar refractivity (Wildman–Crippen MR) is 75.0 cm³/mol. The molecule has 100 valence electrons. The van der Waals surface area contributed by atoms with Gasteiger partial charge < -0.3 is 10.3 Å². The zero-order valence-electron chi connectivity index (χ0n) is 10.3. The topological polar surface area (TPSA) is 66.9 Å². The van der Waals surface area contributed by atoms with Crippen molar-refractivity contribution in [2.45, 2.75) is 18.9 Å². The summed E-state index contributed by atoms with van der Waals surface area (Å²) < 4.78 is 1.29. The summed E-state index contributed by atoms with van der Waals surface area (Å²) in [5.41, 5.74) is -0.186. The zero-order valence-corrected chi connectivity index (χ0v) is 11.0.